The Morgan fingerprint density at radius 2 is 1.95 bits per heavy atom. The highest BCUT2D eigenvalue weighted by atomic mass is 35.5. The summed E-state index contributed by atoms with van der Waals surface area (Å²) in [5.41, 5.74) is 1.28. The Kier molecular flexibility index (Phi) is 4.82. The Balaban J connectivity index is 1.98. The largest absolute Gasteiger partial charge is 0.497 e. The van der Waals surface area contributed by atoms with Gasteiger partial charge in [0.1, 0.15) is 11.6 Å². The van der Waals surface area contributed by atoms with Gasteiger partial charge in [-0.25, -0.2) is 4.39 Å². The van der Waals surface area contributed by atoms with Gasteiger partial charge >= 0.3 is 0 Å². The van der Waals surface area contributed by atoms with Crippen LogP contribution in [-0.4, -0.2) is 18.8 Å². The summed E-state index contributed by atoms with van der Waals surface area (Å²) in [6, 6.07) is 11.3. The summed E-state index contributed by atoms with van der Waals surface area (Å²) in [6.45, 7) is 0.256. The van der Waals surface area contributed by atoms with E-state index in [1.807, 2.05) is 0 Å². The van der Waals surface area contributed by atoms with Crippen molar-refractivity contribution in [2.24, 2.45) is 0 Å². The van der Waals surface area contributed by atoms with E-state index in [4.69, 9.17) is 16.3 Å². The molecule has 0 aliphatic rings. The third-order valence-electron chi connectivity index (χ3n) is 2.86. The maximum Gasteiger partial charge on any atom is 0.126 e. The second kappa shape index (κ2) is 6.59. The van der Waals surface area contributed by atoms with Crippen LogP contribution in [0.1, 0.15) is 11.7 Å². The molecule has 0 saturated heterocycles. The van der Waals surface area contributed by atoms with Gasteiger partial charge in [-0.05, 0) is 35.9 Å². The molecule has 5 heteroatoms. The Morgan fingerprint density at radius 3 is 2.55 bits per heavy atom. The van der Waals surface area contributed by atoms with E-state index >= 15 is 0 Å². The molecule has 0 saturated carbocycles. The van der Waals surface area contributed by atoms with Gasteiger partial charge in [0.15, 0.2) is 0 Å². The number of anilines is 1. The van der Waals surface area contributed by atoms with Crippen molar-refractivity contribution in [2.75, 3.05) is 19.0 Å². The normalized spacial score (nSPS) is 12.0. The first-order valence-electron chi connectivity index (χ1n) is 6.10. The third-order valence-corrected chi connectivity index (χ3v) is 3.08. The fourth-order valence-electron chi connectivity index (χ4n) is 1.81. The zero-order valence-electron chi connectivity index (χ0n) is 10.9. The van der Waals surface area contributed by atoms with Crippen LogP contribution in [0.5, 0.6) is 5.75 Å². The number of hydrogen-bond donors (Lipinski definition) is 2. The molecule has 0 radical (unpaired) electrons. The zero-order chi connectivity index (χ0) is 14.5. The number of benzene rings is 2. The first kappa shape index (κ1) is 14.6. The average molecular weight is 296 g/mol. The number of hydrogen-bond acceptors (Lipinski definition) is 3. The van der Waals surface area contributed by atoms with Gasteiger partial charge in [-0.15, -0.1) is 0 Å². The lowest BCUT2D eigenvalue weighted by Crippen LogP contribution is -2.12. The van der Waals surface area contributed by atoms with Crippen molar-refractivity contribution in [1.82, 2.24) is 0 Å². The van der Waals surface area contributed by atoms with E-state index in [1.165, 1.54) is 12.1 Å². The highest BCUT2D eigenvalue weighted by Crippen LogP contribution is 2.21. The molecule has 2 aromatic rings. The minimum absolute atomic E-state index is 0.256. The molecule has 0 heterocycles. The Labute approximate surface area is 122 Å². The predicted molar refractivity (Wildman–Crippen MR) is 77.9 cm³/mol. The zero-order valence-corrected chi connectivity index (χ0v) is 11.7. The van der Waals surface area contributed by atoms with Gasteiger partial charge in [-0.2, -0.15) is 0 Å². The molecule has 3 nitrogen and oxygen atoms in total. The SMILES string of the molecule is COc1ccc(C(O)CNc2cc(F)cc(Cl)c2)cc1. The topological polar surface area (TPSA) is 41.5 Å². The van der Waals surface area contributed by atoms with Crippen LogP contribution in [0.3, 0.4) is 0 Å². The lowest BCUT2D eigenvalue weighted by molar-refractivity contribution is 0.191. The van der Waals surface area contributed by atoms with Gasteiger partial charge in [0, 0.05) is 17.3 Å². The number of nitrogens with one attached hydrogen (secondary N) is 1. The molecule has 0 aliphatic carbocycles. The third kappa shape index (κ3) is 3.85. The van der Waals surface area contributed by atoms with Gasteiger partial charge < -0.3 is 15.2 Å². The fourth-order valence-corrected chi connectivity index (χ4v) is 2.04. The van der Waals surface area contributed by atoms with Gasteiger partial charge in [0.2, 0.25) is 0 Å². The van der Waals surface area contributed by atoms with E-state index in [1.54, 1.807) is 37.4 Å². The van der Waals surface area contributed by atoms with E-state index in [9.17, 15) is 9.50 Å². The molecule has 0 fully saturated rings. The highest BCUT2D eigenvalue weighted by Gasteiger charge is 2.08. The van der Waals surface area contributed by atoms with Crippen LogP contribution in [0.4, 0.5) is 10.1 Å². The summed E-state index contributed by atoms with van der Waals surface area (Å²) in [6.07, 6.45) is -0.706. The van der Waals surface area contributed by atoms with Crippen molar-refractivity contribution in [3.05, 3.63) is 58.9 Å². The molecule has 0 aliphatic heterocycles. The fraction of sp³-hybridized carbons (Fsp3) is 0.200. The van der Waals surface area contributed by atoms with Crippen molar-refractivity contribution in [3.63, 3.8) is 0 Å². The van der Waals surface area contributed by atoms with Crippen LogP contribution in [0.15, 0.2) is 42.5 Å². The van der Waals surface area contributed by atoms with Crippen LogP contribution < -0.4 is 10.1 Å². The number of methoxy groups -OCH3 is 1. The number of ether oxygens (including phenoxy) is 1. The maximum absolute atomic E-state index is 13.2. The average Bonchev–Trinajstić information content (AvgIpc) is 2.44. The first-order valence-corrected chi connectivity index (χ1v) is 6.48. The second-order valence-electron chi connectivity index (χ2n) is 4.33. The van der Waals surface area contributed by atoms with Crippen molar-refractivity contribution in [3.8, 4) is 5.75 Å². The van der Waals surface area contributed by atoms with E-state index in [0.29, 0.717) is 10.7 Å². The Bertz CT molecular complexity index is 554. The molecule has 2 N–H and O–H groups in total. The van der Waals surface area contributed by atoms with E-state index in [2.05, 4.69) is 5.32 Å². The number of aliphatic hydroxyl groups is 1. The summed E-state index contributed by atoms with van der Waals surface area (Å²) >= 11 is 5.76. The van der Waals surface area contributed by atoms with E-state index in [-0.39, 0.29) is 6.54 Å². The molecule has 1 unspecified atom stereocenters. The summed E-state index contributed by atoms with van der Waals surface area (Å²) in [5, 5.41) is 13.3. The maximum atomic E-state index is 13.2. The standard InChI is InChI=1S/C15H15ClFNO2/c1-20-14-4-2-10(3-5-14)15(19)9-18-13-7-11(16)6-12(17)8-13/h2-8,15,18-19H,9H2,1H3. The molecule has 0 spiro atoms. The van der Waals surface area contributed by atoms with Crippen LogP contribution in [0, 0.1) is 5.82 Å². The van der Waals surface area contributed by atoms with E-state index < -0.39 is 11.9 Å². The summed E-state index contributed by atoms with van der Waals surface area (Å²) in [7, 11) is 1.58. The van der Waals surface area contributed by atoms with Crippen molar-refractivity contribution in [1.29, 1.82) is 0 Å². The molecule has 0 aromatic heterocycles. The van der Waals surface area contributed by atoms with Crippen molar-refractivity contribution < 1.29 is 14.2 Å². The molecule has 2 rings (SSSR count). The molecule has 0 bridgehead atoms. The number of halogens is 2. The number of rotatable bonds is 5. The number of aliphatic hydroxyl groups excluding tert-OH is 1. The lowest BCUT2D eigenvalue weighted by atomic mass is 10.1. The Morgan fingerprint density at radius 1 is 1.25 bits per heavy atom. The van der Waals surface area contributed by atoms with E-state index in [0.717, 1.165) is 11.3 Å². The monoisotopic (exact) mass is 295 g/mol. The van der Waals surface area contributed by atoms with Gasteiger partial charge in [0.25, 0.3) is 0 Å². The molecule has 2 aromatic carbocycles. The first-order chi connectivity index (χ1) is 9.58. The molecule has 1 atom stereocenters. The van der Waals surface area contributed by atoms with Gasteiger partial charge in [-0.1, -0.05) is 23.7 Å². The minimum atomic E-state index is -0.706. The smallest absolute Gasteiger partial charge is 0.126 e. The molecule has 20 heavy (non-hydrogen) atoms. The Hall–Kier alpha value is -1.78. The quantitative estimate of drug-likeness (QED) is 0.885. The van der Waals surface area contributed by atoms with Crippen LogP contribution >= 0.6 is 11.6 Å². The minimum Gasteiger partial charge on any atom is -0.497 e. The molecular formula is C15H15ClFNO2. The van der Waals surface area contributed by atoms with Crippen molar-refractivity contribution >= 4 is 17.3 Å². The predicted octanol–water partition coefficient (Wildman–Crippen LogP) is 3.63. The summed E-state index contributed by atoms with van der Waals surface area (Å²) < 4.78 is 18.2. The van der Waals surface area contributed by atoms with Crippen molar-refractivity contribution in [2.45, 2.75) is 6.10 Å². The molecule has 106 valence electrons. The lowest BCUT2D eigenvalue weighted by Gasteiger charge is -2.14. The van der Waals surface area contributed by atoms with Crippen LogP contribution in [0.25, 0.3) is 0 Å². The molecule has 0 amide bonds. The van der Waals surface area contributed by atoms with Gasteiger partial charge in [0.05, 0.1) is 13.2 Å². The highest BCUT2D eigenvalue weighted by molar-refractivity contribution is 6.30. The van der Waals surface area contributed by atoms with Crippen LogP contribution in [0.2, 0.25) is 5.02 Å². The van der Waals surface area contributed by atoms with Crippen LogP contribution in [-0.2, 0) is 0 Å². The molecular weight excluding hydrogens is 281 g/mol. The summed E-state index contributed by atoms with van der Waals surface area (Å²) in [4.78, 5) is 0. The second-order valence-corrected chi connectivity index (χ2v) is 4.76. The summed E-state index contributed by atoms with van der Waals surface area (Å²) in [5.74, 6) is 0.310. The van der Waals surface area contributed by atoms with Gasteiger partial charge in [-0.3, -0.25) is 0 Å².